The van der Waals surface area contributed by atoms with Crippen LogP contribution in [-0.4, -0.2) is 18.4 Å². The summed E-state index contributed by atoms with van der Waals surface area (Å²) in [7, 11) is 0. The van der Waals surface area contributed by atoms with Gasteiger partial charge in [0.15, 0.2) is 0 Å². The van der Waals surface area contributed by atoms with Gasteiger partial charge in [-0.2, -0.15) is 0 Å². The Morgan fingerprint density at radius 3 is 2.62 bits per heavy atom. The Kier molecular flexibility index (Phi) is 3.77. The number of hydrogen-bond donors (Lipinski definition) is 1. The maximum Gasteiger partial charge on any atom is 0.135 e. The van der Waals surface area contributed by atoms with Gasteiger partial charge in [0, 0.05) is 17.4 Å². The van der Waals surface area contributed by atoms with Gasteiger partial charge in [0.25, 0.3) is 0 Å². The Bertz CT molecular complexity index is 731. The average Bonchev–Trinajstić information content (AvgIpc) is 2.91. The van der Waals surface area contributed by atoms with E-state index in [-0.39, 0.29) is 12.4 Å². The Morgan fingerprint density at radius 1 is 1.05 bits per heavy atom. The van der Waals surface area contributed by atoms with E-state index in [0.29, 0.717) is 18.8 Å². The van der Waals surface area contributed by atoms with Crippen molar-refractivity contribution in [2.75, 3.05) is 13.3 Å². The lowest BCUT2D eigenvalue weighted by molar-refractivity contribution is 0.289. The van der Waals surface area contributed by atoms with E-state index in [2.05, 4.69) is 0 Å². The van der Waals surface area contributed by atoms with Crippen LogP contribution in [-0.2, 0) is 0 Å². The fourth-order valence-corrected chi connectivity index (χ4v) is 2.13. The van der Waals surface area contributed by atoms with Crippen molar-refractivity contribution in [2.24, 2.45) is 0 Å². The molecule has 0 amide bonds. The van der Waals surface area contributed by atoms with Crippen molar-refractivity contribution >= 4 is 11.0 Å². The molecule has 21 heavy (non-hydrogen) atoms. The summed E-state index contributed by atoms with van der Waals surface area (Å²) in [5.41, 5.74) is 1.65. The number of hydrogen-bond acceptors (Lipinski definition) is 3. The second-order valence-corrected chi connectivity index (χ2v) is 4.75. The summed E-state index contributed by atoms with van der Waals surface area (Å²) < 4.78 is 23.2. The average molecular weight is 286 g/mol. The molecule has 0 aliphatic heterocycles. The van der Waals surface area contributed by atoms with E-state index in [1.165, 1.54) is 0 Å². The molecule has 108 valence electrons. The Hall–Kier alpha value is -2.49. The zero-order chi connectivity index (χ0) is 14.7. The van der Waals surface area contributed by atoms with Crippen molar-refractivity contribution < 1.29 is 18.7 Å². The zero-order valence-electron chi connectivity index (χ0n) is 11.4. The van der Waals surface area contributed by atoms with E-state index in [9.17, 15) is 9.50 Å². The molecule has 0 fully saturated rings. The van der Waals surface area contributed by atoms with Crippen LogP contribution in [0.15, 0.2) is 52.9 Å². The van der Waals surface area contributed by atoms with Crippen LogP contribution in [0.2, 0.25) is 0 Å². The van der Waals surface area contributed by atoms with E-state index in [0.717, 1.165) is 22.3 Å². The van der Waals surface area contributed by atoms with Crippen LogP contribution < -0.4 is 4.74 Å². The lowest BCUT2D eigenvalue weighted by Crippen LogP contribution is -1.97. The van der Waals surface area contributed by atoms with E-state index < -0.39 is 0 Å². The molecule has 0 bridgehead atoms. The van der Waals surface area contributed by atoms with Gasteiger partial charge in [-0.25, -0.2) is 0 Å². The molecular formula is C17H15FO3. The topological polar surface area (TPSA) is 42.6 Å². The SMILES string of the molecule is Oc1ccc2oc(-c3ccc(OCCCF)cc3)cc2c1. The quantitative estimate of drug-likeness (QED) is 0.700. The van der Waals surface area contributed by atoms with Crippen LogP contribution in [0.1, 0.15) is 6.42 Å². The molecule has 0 atom stereocenters. The van der Waals surface area contributed by atoms with E-state index in [4.69, 9.17) is 9.15 Å². The largest absolute Gasteiger partial charge is 0.508 e. The lowest BCUT2D eigenvalue weighted by Gasteiger charge is -2.04. The normalized spacial score (nSPS) is 10.9. The third-order valence-corrected chi connectivity index (χ3v) is 3.19. The second-order valence-electron chi connectivity index (χ2n) is 4.75. The van der Waals surface area contributed by atoms with Crippen molar-refractivity contribution in [3.05, 3.63) is 48.5 Å². The molecule has 0 aliphatic carbocycles. The van der Waals surface area contributed by atoms with Crippen molar-refractivity contribution in [1.29, 1.82) is 0 Å². The number of rotatable bonds is 5. The Labute approximate surface area is 121 Å². The van der Waals surface area contributed by atoms with Gasteiger partial charge < -0.3 is 14.3 Å². The van der Waals surface area contributed by atoms with Crippen molar-refractivity contribution in [3.8, 4) is 22.8 Å². The molecule has 4 heteroatoms. The number of halogens is 1. The first kappa shape index (κ1) is 13.5. The van der Waals surface area contributed by atoms with Crippen molar-refractivity contribution in [2.45, 2.75) is 6.42 Å². The highest BCUT2D eigenvalue weighted by Crippen LogP contribution is 2.30. The molecule has 0 aliphatic rings. The molecule has 3 aromatic rings. The van der Waals surface area contributed by atoms with Crippen LogP contribution in [0, 0.1) is 0 Å². The van der Waals surface area contributed by atoms with Crippen LogP contribution in [0.25, 0.3) is 22.3 Å². The highest BCUT2D eigenvalue weighted by molar-refractivity contribution is 5.84. The van der Waals surface area contributed by atoms with Gasteiger partial charge in [-0.1, -0.05) is 0 Å². The fraction of sp³-hybridized carbons (Fsp3) is 0.176. The van der Waals surface area contributed by atoms with Crippen LogP contribution in [0.4, 0.5) is 4.39 Å². The molecular weight excluding hydrogens is 271 g/mol. The standard InChI is InChI=1S/C17H15FO3/c18-8-1-9-20-15-5-2-12(3-6-15)17-11-13-10-14(19)4-7-16(13)21-17/h2-7,10-11,19H,1,8-9H2. The van der Waals surface area contributed by atoms with Gasteiger partial charge in [0.1, 0.15) is 22.8 Å². The molecule has 1 heterocycles. The summed E-state index contributed by atoms with van der Waals surface area (Å²) in [6, 6.07) is 14.3. The maximum atomic E-state index is 12.0. The van der Waals surface area contributed by atoms with Gasteiger partial charge in [-0.15, -0.1) is 0 Å². The minimum Gasteiger partial charge on any atom is -0.508 e. The van der Waals surface area contributed by atoms with Crippen LogP contribution >= 0.6 is 0 Å². The van der Waals surface area contributed by atoms with E-state index in [1.54, 1.807) is 18.2 Å². The van der Waals surface area contributed by atoms with E-state index >= 15 is 0 Å². The smallest absolute Gasteiger partial charge is 0.135 e. The number of furan rings is 1. The summed E-state index contributed by atoms with van der Waals surface area (Å²) >= 11 is 0. The molecule has 0 radical (unpaired) electrons. The molecule has 0 unspecified atom stereocenters. The number of alkyl halides is 1. The maximum absolute atomic E-state index is 12.0. The molecule has 0 spiro atoms. The predicted molar refractivity (Wildman–Crippen MR) is 79.4 cm³/mol. The monoisotopic (exact) mass is 286 g/mol. The molecule has 3 nitrogen and oxygen atoms in total. The number of ether oxygens (including phenoxy) is 1. The Balaban J connectivity index is 1.81. The van der Waals surface area contributed by atoms with E-state index in [1.807, 2.05) is 30.3 Å². The predicted octanol–water partition coefficient (Wildman–Crippen LogP) is 4.54. The first-order valence-electron chi connectivity index (χ1n) is 6.78. The number of benzene rings is 2. The number of aromatic hydroxyl groups is 1. The minimum atomic E-state index is -0.371. The lowest BCUT2D eigenvalue weighted by atomic mass is 10.1. The highest BCUT2D eigenvalue weighted by atomic mass is 19.1. The molecule has 0 saturated heterocycles. The number of phenols is 1. The first-order chi connectivity index (χ1) is 10.3. The summed E-state index contributed by atoms with van der Waals surface area (Å²) in [6.07, 6.45) is 0.398. The first-order valence-corrected chi connectivity index (χ1v) is 6.78. The number of phenolic OH excluding ortho intramolecular Hbond substituents is 1. The minimum absolute atomic E-state index is 0.214. The molecule has 1 N–H and O–H groups in total. The number of fused-ring (bicyclic) bond motifs is 1. The van der Waals surface area contributed by atoms with Gasteiger partial charge in [0.05, 0.1) is 13.3 Å². The summed E-state index contributed by atoms with van der Waals surface area (Å²) in [6.45, 7) is 0.00365. The fourth-order valence-electron chi connectivity index (χ4n) is 2.13. The molecule has 0 saturated carbocycles. The van der Waals surface area contributed by atoms with Crippen molar-refractivity contribution in [1.82, 2.24) is 0 Å². The summed E-state index contributed by atoms with van der Waals surface area (Å²) in [5, 5.41) is 10.3. The van der Waals surface area contributed by atoms with Gasteiger partial charge in [0.2, 0.25) is 0 Å². The summed E-state index contributed by atoms with van der Waals surface area (Å²) in [5.74, 6) is 1.65. The van der Waals surface area contributed by atoms with Crippen molar-refractivity contribution in [3.63, 3.8) is 0 Å². The summed E-state index contributed by atoms with van der Waals surface area (Å²) in [4.78, 5) is 0. The molecule has 2 aromatic carbocycles. The third kappa shape index (κ3) is 2.99. The Morgan fingerprint density at radius 2 is 1.86 bits per heavy atom. The zero-order valence-corrected chi connectivity index (χ0v) is 11.4. The van der Waals surface area contributed by atoms with Gasteiger partial charge >= 0.3 is 0 Å². The molecule has 3 rings (SSSR count). The van der Waals surface area contributed by atoms with Crippen LogP contribution in [0.5, 0.6) is 11.5 Å². The molecule has 1 aromatic heterocycles. The van der Waals surface area contributed by atoms with Gasteiger partial charge in [-0.3, -0.25) is 4.39 Å². The third-order valence-electron chi connectivity index (χ3n) is 3.19. The van der Waals surface area contributed by atoms with Crippen LogP contribution in [0.3, 0.4) is 0 Å². The second kappa shape index (κ2) is 5.87. The van der Waals surface area contributed by atoms with Gasteiger partial charge in [-0.05, 0) is 48.5 Å². The highest BCUT2D eigenvalue weighted by Gasteiger charge is 2.07.